The number of carboxylic acid groups (broad SMARTS) is 1. The standard InChI is InChI=1S/C15H18FNO3/c1-10(14(18)11-2-4-13(16)5-3-11)17-8-6-12(7-9-17)15(19)20/h2-5,10,12H,6-9H2,1H3,(H,19,20). The number of ketones is 1. The molecule has 1 unspecified atom stereocenters. The highest BCUT2D eigenvalue weighted by Crippen LogP contribution is 2.20. The minimum atomic E-state index is -0.762. The van der Waals surface area contributed by atoms with Crippen LogP contribution >= 0.6 is 0 Å². The maximum Gasteiger partial charge on any atom is 0.306 e. The summed E-state index contributed by atoms with van der Waals surface area (Å²) in [4.78, 5) is 25.2. The van der Waals surface area contributed by atoms with Crippen LogP contribution in [0.3, 0.4) is 0 Å². The molecule has 1 aliphatic rings. The molecular weight excluding hydrogens is 261 g/mol. The van der Waals surface area contributed by atoms with E-state index in [2.05, 4.69) is 0 Å². The zero-order valence-corrected chi connectivity index (χ0v) is 11.4. The Balaban J connectivity index is 1.98. The zero-order chi connectivity index (χ0) is 14.7. The summed E-state index contributed by atoms with van der Waals surface area (Å²) in [6.07, 6.45) is 1.13. The molecule has 0 radical (unpaired) electrons. The van der Waals surface area contributed by atoms with E-state index in [1.54, 1.807) is 0 Å². The molecule has 1 heterocycles. The fourth-order valence-electron chi connectivity index (χ4n) is 2.55. The Morgan fingerprint density at radius 3 is 2.30 bits per heavy atom. The van der Waals surface area contributed by atoms with E-state index in [1.807, 2.05) is 11.8 Å². The van der Waals surface area contributed by atoms with Crippen LogP contribution in [0.2, 0.25) is 0 Å². The first-order chi connectivity index (χ1) is 9.49. The highest BCUT2D eigenvalue weighted by Gasteiger charge is 2.29. The lowest BCUT2D eigenvalue weighted by atomic mass is 9.94. The zero-order valence-electron chi connectivity index (χ0n) is 11.4. The Kier molecular flexibility index (Phi) is 4.49. The van der Waals surface area contributed by atoms with Crippen molar-refractivity contribution in [1.82, 2.24) is 4.90 Å². The molecule has 108 valence electrons. The smallest absolute Gasteiger partial charge is 0.306 e. The molecule has 4 nitrogen and oxygen atoms in total. The van der Waals surface area contributed by atoms with E-state index >= 15 is 0 Å². The first-order valence-electron chi connectivity index (χ1n) is 6.75. The highest BCUT2D eigenvalue weighted by molar-refractivity contribution is 5.99. The predicted octanol–water partition coefficient (Wildman–Crippen LogP) is 2.19. The molecule has 0 bridgehead atoms. The van der Waals surface area contributed by atoms with Gasteiger partial charge in [-0.2, -0.15) is 0 Å². The molecule has 0 saturated carbocycles. The van der Waals surface area contributed by atoms with Crippen molar-refractivity contribution in [2.24, 2.45) is 5.92 Å². The Bertz CT molecular complexity index is 492. The van der Waals surface area contributed by atoms with Crippen LogP contribution in [-0.4, -0.2) is 40.9 Å². The molecule has 1 atom stereocenters. The van der Waals surface area contributed by atoms with Gasteiger partial charge in [0, 0.05) is 5.56 Å². The molecule has 1 aromatic rings. The summed E-state index contributed by atoms with van der Waals surface area (Å²) in [7, 11) is 0. The number of halogens is 1. The largest absolute Gasteiger partial charge is 0.481 e. The molecule has 1 aliphatic heterocycles. The third-order valence-electron chi connectivity index (χ3n) is 3.93. The topological polar surface area (TPSA) is 57.6 Å². The lowest BCUT2D eigenvalue weighted by Crippen LogP contribution is -2.45. The van der Waals surface area contributed by atoms with Crippen LogP contribution in [-0.2, 0) is 4.79 Å². The molecule has 20 heavy (non-hydrogen) atoms. The molecule has 0 aliphatic carbocycles. The third kappa shape index (κ3) is 3.22. The number of carbonyl (C=O) groups excluding carboxylic acids is 1. The van der Waals surface area contributed by atoms with Crippen LogP contribution in [0.5, 0.6) is 0 Å². The van der Waals surface area contributed by atoms with Gasteiger partial charge < -0.3 is 5.11 Å². The van der Waals surface area contributed by atoms with E-state index in [1.165, 1.54) is 24.3 Å². The number of Topliss-reactive ketones (excluding diaryl/α,β-unsaturated/α-hetero) is 1. The number of nitrogens with zero attached hydrogens (tertiary/aromatic N) is 1. The van der Waals surface area contributed by atoms with Gasteiger partial charge in [-0.15, -0.1) is 0 Å². The average molecular weight is 279 g/mol. The summed E-state index contributed by atoms with van der Waals surface area (Å²) in [5, 5.41) is 8.96. The van der Waals surface area contributed by atoms with Crippen LogP contribution < -0.4 is 0 Å². The fourth-order valence-corrected chi connectivity index (χ4v) is 2.55. The van der Waals surface area contributed by atoms with E-state index < -0.39 is 5.97 Å². The molecule has 1 saturated heterocycles. The molecule has 0 aromatic heterocycles. The van der Waals surface area contributed by atoms with Crippen LogP contribution in [0, 0.1) is 11.7 Å². The Morgan fingerprint density at radius 1 is 1.25 bits per heavy atom. The second-order valence-corrected chi connectivity index (χ2v) is 5.20. The molecule has 0 amide bonds. The number of rotatable bonds is 4. The van der Waals surface area contributed by atoms with Crippen molar-refractivity contribution in [2.45, 2.75) is 25.8 Å². The van der Waals surface area contributed by atoms with E-state index in [0.717, 1.165) is 0 Å². The second-order valence-electron chi connectivity index (χ2n) is 5.20. The maximum atomic E-state index is 12.8. The fraction of sp³-hybridized carbons (Fsp3) is 0.467. The number of piperidine rings is 1. The molecule has 1 N–H and O–H groups in total. The van der Waals surface area contributed by atoms with E-state index in [-0.39, 0.29) is 23.6 Å². The van der Waals surface area contributed by atoms with Crippen LogP contribution in [0.4, 0.5) is 4.39 Å². The number of hydrogen-bond donors (Lipinski definition) is 1. The Morgan fingerprint density at radius 2 is 1.80 bits per heavy atom. The van der Waals surface area contributed by atoms with Gasteiger partial charge in [0.15, 0.2) is 5.78 Å². The van der Waals surface area contributed by atoms with Gasteiger partial charge in [0.2, 0.25) is 0 Å². The average Bonchev–Trinajstić information content (AvgIpc) is 2.46. The van der Waals surface area contributed by atoms with Crippen molar-refractivity contribution < 1.29 is 19.1 Å². The van der Waals surface area contributed by atoms with Gasteiger partial charge in [-0.05, 0) is 57.1 Å². The number of carbonyl (C=O) groups is 2. The second kappa shape index (κ2) is 6.13. The van der Waals surface area contributed by atoms with Crippen molar-refractivity contribution >= 4 is 11.8 Å². The summed E-state index contributed by atoms with van der Waals surface area (Å²) in [6.45, 7) is 3.02. The molecular formula is C15H18FNO3. The van der Waals surface area contributed by atoms with Crippen molar-refractivity contribution in [1.29, 1.82) is 0 Å². The number of likely N-dealkylation sites (tertiary alicyclic amines) is 1. The van der Waals surface area contributed by atoms with Gasteiger partial charge in [0.25, 0.3) is 0 Å². The molecule has 5 heteroatoms. The van der Waals surface area contributed by atoms with E-state index in [0.29, 0.717) is 31.5 Å². The molecule has 1 fully saturated rings. The monoisotopic (exact) mass is 279 g/mol. The number of carboxylic acids is 1. The van der Waals surface area contributed by atoms with Gasteiger partial charge in [0.05, 0.1) is 12.0 Å². The third-order valence-corrected chi connectivity index (χ3v) is 3.93. The highest BCUT2D eigenvalue weighted by atomic mass is 19.1. The van der Waals surface area contributed by atoms with Gasteiger partial charge >= 0.3 is 5.97 Å². The van der Waals surface area contributed by atoms with Crippen LogP contribution in [0.15, 0.2) is 24.3 Å². The van der Waals surface area contributed by atoms with Crippen molar-refractivity contribution in [2.75, 3.05) is 13.1 Å². The normalized spacial score (nSPS) is 18.7. The molecule has 0 spiro atoms. The summed E-state index contributed by atoms with van der Waals surface area (Å²) >= 11 is 0. The lowest BCUT2D eigenvalue weighted by Gasteiger charge is -2.33. The first-order valence-corrected chi connectivity index (χ1v) is 6.75. The van der Waals surface area contributed by atoms with Crippen LogP contribution in [0.1, 0.15) is 30.1 Å². The molecule has 1 aromatic carbocycles. The van der Waals surface area contributed by atoms with Crippen molar-refractivity contribution in [3.63, 3.8) is 0 Å². The van der Waals surface area contributed by atoms with E-state index in [4.69, 9.17) is 5.11 Å². The van der Waals surface area contributed by atoms with Gasteiger partial charge in [-0.1, -0.05) is 0 Å². The Labute approximate surface area is 117 Å². The quantitative estimate of drug-likeness (QED) is 0.858. The summed E-state index contributed by atoms with van der Waals surface area (Å²) < 4.78 is 12.8. The van der Waals surface area contributed by atoms with Crippen molar-refractivity contribution in [3.8, 4) is 0 Å². The Hall–Kier alpha value is -1.75. The van der Waals surface area contributed by atoms with Gasteiger partial charge in [-0.3, -0.25) is 14.5 Å². The minimum Gasteiger partial charge on any atom is -0.481 e. The number of benzene rings is 1. The molecule has 2 rings (SSSR count). The summed E-state index contributed by atoms with van der Waals surface area (Å²) in [6, 6.07) is 5.21. The number of hydrogen-bond acceptors (Lipinski definition) is 3. The lowest BCUT2D eigenvalue weighted by molar-refractivity contribution is -0.143. The summed E-state index contributed by atoms with van der Waals surface area (Å²) in [5.41, 5.74) is 0.485. The SMILES string of the molecule is CC(C(=O)c1ccc(F)cc1)N1CCC(C(=O)O)CC1. The number of aliphatic carboxylic acids is 1. The first kappa shape index (κ1) is 14.7. The maximum absolute atomic E-state index is 12.8. The summed E-state index contributed by atoms with van der Waals surface area (Å²) in [5.74, 6) is -1.49. The van der Waals surface area contributed by atoms with Crippen LogP contribution in [0.25, 0.3) is 0 Å². The van der Waals surface area contributed by atoms with E-state index in [9.17, 15) is 14.0 Å². The minimum absolute atomic E-state index is 0.0567. The predicted molar refractivity (Wildman–Crippen MR) is 72.1 cm³/mol. The van der Waals surface area contributed by atoms with Crippen molar-refractivity contribution in [3.05, 3.63) is 35.6 Å². The van der Waals surface area contributed by atoms with Gasteiger partial charge in [-0.25, -0.2) is 4.39 Å². The van der Waals surface area contributed by atoms with Gasteiger partial charge in [0.1, 0.15) is 5.82 Å².